The van der Waals surface area contributed by atoms with Crippen LogP contribution < -0.4 is 10.9 Å². The predicted molar refractivity (Wildman–Crippen MR) is 123 cm³/mol. The summed E-state index contributed by atoms with van der Waals surface area (Å²) < 4.78 is 2.17. The van der Waals surface area contributed by atoms with Crippen LogP contribution in [-0.4, -0.2) is 20.4 Å². The van der Waals surface area contributed by atoms with Gasteiger partial charge in [0.05, 0.1) is 5.69 Å². The molecule has 0 saturated carbocycles. The molecule has 2 N–H and O–H groups in total. The summed E-state index contributed by atoms with van der Waals surface area (Å²) in [7, 11) is 0. The third-order valence-corrected chi connectivity index (χ3v) is 6.19. The van der Waals surface area contributed by atoms with Crippen molar-refractivity contribution in [2.45, 2.75) is 47.1 Å². The number of hydrogen-bond donors (Lipinski definition) is 2. The molecule has 3 rings (SSSR count). The fourth-order valence-electron chi connectivity index (χ4n) is 3.77. The minimum Gasteiger partial charge on any atom is -0.345 e. The first-order chi connectivity index (χ1) is 14.8. The van der Waals surface area contributed by atoms with Gasteiger partial charge in [-0.15, -0.1) is 17.9 Å². The summed E-state index contributed by atoms with van der Waals surface area (Å²) in [6.45, 7) is 12.2. The number of carbonyl (C=O) groups is 1. The number of H-pyrrole nitrogens is 1. The second-order valence-electron chi connectivity index (χ2n) is 7.44. The highest BCUT2D eigenvalue weighted by molar-refractivity contribution is 7.14. The summed E-state index contributed by atoms with van der Waals surface area (Å²) in [5, 5.41) is 14.5. The molecule has 0 fully saturated rings. The third kappa shape index (κ3) is 4.52. The van der Waals surface area contributed by atoms with Gasteiger partial charge in [0.2, 0.25) is 5.91 Å². The zero-order valence-electron chi connectivity index (χ0n) is 18.1. The fraction of sp³-hybridized carbons (Fsp3) is 0.304. The molecule has 3 heterocycles. The smallest absolute Gasteiger partial charge is 0.266 e. The average molecular weight is 436 g/mol. The first-order valence-corrected chi connectivity index (χ1v) is 10.8. The number of aryl methyl sites for hydroxylation is 2. The van der Waals surface area contributed by atoms with Gasteiger partial charge in [0.15, 0.2) is 5.13 Å². The maximum absolute atomic E-state index is 12.5. The van der Waals surface area contributed by atoms with Crippen LogP contribution in [-0.2, 0) is 17.8 Å². The highest BCUT2D eigenvalue weighted by Gasteiger charge is 2.16. The molecule has 3 aromatic heterocycles. The van der Waals surface area contributed by atoms with Crippen LogP contribution in [0.2, 0.25) is 0 Å². The lowest BCUT2D eigenvalue weighted by Crippen LogP contribution is -2.18. The van der Waals surface area contributed by atoms with E-state index in [4.69, 9.17) is 0 Å². The highest BCUT2D eigenvalue weighted by atomic mass is 32.1. The molecule has 0 aliphatic rings. The van der Waals surface area contributed by atoms with Gasteiger partial charge in [-0.3, -0.25) is 9.59 Å². The highest BCUT2D eigenvalue weighted by Crippen LogP contribution is 2.30. The van der Waals surface area contributed by atoms with Gasteiger partial charge < -0.3 is 14.9 Å². The topological polar surface area (TPSA) is 104 Å². The molecule has 3 aromatic rings. The minimum atomic E-state index is -0.395. The molecular weight excluding hydrogens is 410 g/mol. The maximum Gasteiger partial charge on any atom is 0.266 e. The first kappa shape index (κ1) is 22.2. The number of aromatic amines is 1. The van der Waals surface area contributed by atoms with Crippen molar-refractivity contribution in [1.82, 2.24) is 14.5 Å². The Morgan fingerprint density at radius 2 is 2.13 bits per heavy atom. The molecule has 0 aliphatic heterocycles. The summed E-state index contributed by atoms with van der Waals surface area (Å²) in [5.41, 5.74) is 5.94. The molecule has 0 aromatic carbocycles. The standard InChI is InChI=1S/C23H25N5O2S/c1-6-9-28-13(2)10-18(16(28)5)20-12-31-23(26-20)27-21(29)8-7-17-14(3)19(11-24)22(30)25-15(17)4/h6,10,12H,1,7-9H2,2-5H3,(H,25,30)(H,26,27,29). The Morgan fingerprint density at radius 3 is 2.81 bits per heavy atom. The Kier molecular flexibility index (Phi) is 6.56. The Morgan fingerprint density at radius 1 is 1.39 bits per heavy atom. The number of carbonyl (C=O) groups excluding carboxylic acids is 1. The number of anilines is 1. The number of nitrogens with zero attached hydrogens (tertiary/aromatic N) is 3. The second kappa shape index (κ2) is 9.14. The van der Waals surface area contributed by atoms with Crippen LogP contribution in [0.15, 0.2) is 28.9 Å². The molecule has 0 spiro atoms. The minimum absolute atomic E-state index is 0.0969. The van der Waals surface area contributed by atoms with Crippen molar-refractivity contribution in [3.8, 4) is 17.3 Å². The number of nitriles is 1. The van der Waals surface area contributed by atoms with E-state index in [-0.39, 0.29) is 17.9 Å². The molecule has 7 nitrogen and oxygen atoms in total. The van der Waals surface area contributed by atoms with Gasteiger partial charge in [-0.2, -0.15) is 5.26 Å². The maximum atomic E-state index is 12.5. The Balaban J connectivity index is 1.71. The number of aromatic nitrogens is 3. The lowest BCUT2D eigenvalue weighted by atomic mass is 9.99. The molecule has 8 heteroatoms. The Bertz CT molecular complexity index is 1260. The van der Waals surface area contributed by atoms with E-state index in [9.17, 15) is 14.9 Å². The zero-order valence-corrected chi connectivity index (χ0v) is 18.9. The van der Waals surface area contributed by atoms with Crippen LogP contribution in [0, 0.1) is 39.0 Å². The number of amides is 1. The second-order valence-corrected chi connectivity index (χ2v) is 8.30. The van der Waals surface area contributed by atoms with Crippen LogP contribution >= 0.6 is 11.3 Å². The summed E-state index contributed by atoms with van der Waals surface area (Å²) in [5.74, 6) is -0.165. The fourth-order valence-corrected chi connectivity index (χ4v) is 4.49. The SMILES string of the molecule is C=CCn1c(C)cc(-c2csc(NC(=O)CCc3c(C)[nH]c(=O)c(C#N)c3C)n2)c1C. The predicted octanol–water partition coefficient (Wildman–Crippen LogP) is 4.16. The van der Waals surface area contributed by atoms with E-state index in [0.717, 1.165) is 34.8 Å². The first-order valence-electron chi connectivity index (χ1n) is 9.92. The van der Waals surface area contributed by atoms with Crippen LogP contribution in [0.3, 0.4) is 0 Å². The van der Waals surface area contributed by atoms with Gasteiger partial charge in [-0.1, -0.05) is 6.08 Å². The summed E-state index contributed by atoms with van der Waals surface area (Å²) >= 11 is 1.38. The van der Waals surface area contributed by atoms with Gasteiger partial charge >= 0.3 is 0 Å². The van der Waals surface area contributed by atoms with Crippen molar-refractivity contribution in [3.05, 3.63) is 68.2 Å². The van der Waals surface area contributed by atoms with E-state index in [2.05, 4.69) is 32.5 Å². The van der Waals surface area contributed by atoms with Gasteiger partial charge in [0.1, 0.15) is 11.6 Å². The third-order valence-electron chi connectivity index (χ3n) is 5.43. The van der Waals surface area contributed by atoms with E-state index in [1.54, 1.807) is 13.8 Å². The van der Waals surface area contributed by atoms with Crippen LogP contribution in [0.25, 0.3) is 11.3 Å². The molecular formula is C23H25N5O2S. The zero-order chi connectivity index (χ0) is 22.7. The van der Waals surface area contributed by atoms with Crippen LogP contribution in [0.5, 0.6) is 0 Å². The van der Waals surface area contributed by atoms with Crippen LogP contribution in [0.4, 0.5) is 5.13 Å². The molecule has 31 heavy (non-hydrogen) atoms. The largest absolute Gasteiger partial charge is 0.345 e. The van der Waals surface area contributed by atoms with Crippen LogP contribution in [0.1, 0.15) is 40.2 Å². The van der Waals surface area contributed by atoms with Gasteiger partial charge in [0.25, 0.3) is 5.56 Å². The summed E-state index contributed by atoms with van der Waals surface area (Å²) in [4.78, 5) is 31.6. The van der Waals surface area contributed by atoms with E-state index >= 15 is 0 Å². The Hall–Kier alpha value is -3.44. The van der Waals surface area contributed by atoms with Crippen molar-refractivity contribution >= 4 is 22.4 Å². The molecule has 0 unspecified atom stereocenters. The molecule has 0 bridgehead atoms. The number of pyridine rings is 1. The quantitative estimate of drug-likeness (QED) is 0.544. The normalized spacial score (nSPS) is 10.7. The molecule has 160 valence electrons. The number of thiazole rings is 1. The van der Waals surface area contributed by atoms with E-state index in [1.165, 1.54) is 11.3 Å². The van der Waals surface area contributed by atoms with Crippen molar-refractivity contribution < 1.29 is 4.79 Å². The number of rotatable bonds is 7. The lowest BCUT2D eigenvalue weighted by molar-refractivity contribution is -0.116. The van der Waals surface area contributed by atoms with Crippen molar-refractivity contribution in [3.63, 3.8) is 0 Å². The van der Waals surface area contributed by atoms with Gasteiger partial charge in [-0.05, 0) is 51.3 Å². The summed E-state index contributed by atoms with van der Waals surface area (Å²) in [6, 6.07) is 4.03. The monoisotopic (exact) mass is 435 g/mol. The number of nitrogens with one attached hydrogen (secondary N) is 2. The van der Waals surface area contributed by atoms with Crippen molar-refractivity contribution in [2.24, 2.45) is 0 Å². The van der Waals surface area contributed by atoms with Crippen molar-refractivity contribution in [2.75, 3.05) is 5.32 Å². The van der Waals surface area contributed by atoms with E-state index in [0.29, 0.717) is 22.8 Å². The number of hydrogen-bond acceptors (Lipinski definition) is 5. The van der Waals surface area contributed by atoms with E-state index in [1.807, 2.05) is 31.4 Å². The summed E-state index contributed by atoms with van der Waals surface area (Å²) in [6.07, 6.45) is 2.51. The van der Waals surface area contributed by atoms with E-state index < -0.39 is 5.56 Å². The molecule has 1 amide bonds. The molecule has 0 aliphatic carbocycles. The lowest BCUT2D eigenvalue weighted by Gasteiger charge is -2.10. The molecule has 0 radical (unpaired) electrons. The van der Waals surface area contributed by atoms with Crippen molar-refractivity contribution in [1.29, 1.82) is 5.26 Å². The number of allylic oxidation sites excluding steroid dienone is 1. The average Bonchev–Trinajstić information content (AvgIpc) is 3.27. The molecule has 0 saturated heterocycles. The molecule has 0 atom stereocenters. The van der Waals surface area contributed by atoms with Gasteiger partial charge in [0, 0.05) is 41.0 Å². The van der Waals surface area contributed by atoms with Gasteiger partial charge in [-0.25, -0.2) is 4.98 Å². The Labute approximate surface area is 185 Å².